The van der Waals surface area contributed by atoms with Crippen LogP contribution in [0.15, 0.2) is 48.5 Å². The summed E-state index contributed by atoms with van der Waals surface area (Å²) in [5.41, 5.74) is 2.57. The third kappa shape index (κ3) is 5.23. The Morgan fingerprint density at radius 3 is 2.44 bits per heavy atom. The van der Waals surface area contributed by atoms with E-state index in [0.29, 0.717) is 23.8 Å². The first-order valence-corrected chi connectivity index (χ1v) is 11.2. The van der Waals surface area contributed by atoms with Crippen molar-refractivity contribution in [1.29, 1.82) is 0 Å². The van der Waals surface area contributed by atoms with Crippen molar-refractivity contribution in [3.05, 3.63) is 64.1 Å². The van der Waals surface area contributed by atoms with E-state index in [1.54, 1.807) is 36.3 Å². The number of amides is 3. The van der Waals surface area contributed by atoms with Gasteiger partial charge in [-0.2, -0.15) is 0 Å². The van der Waals surface area contributed by atoms with Crippen molar-refractivity contribution >= 4 is 34.6 Å². The molecule has 0 unspecified atom stereocenters. The average Bonchev–Trinajstić information content (AvgIpc) is 3.32. The topological polar surface area (TPSA) is 96.4 Å². The number of urea groups is 1. The van der Waals surface area contributed by atoms with Gasteiger partial charge in [-0.1, -0.05) is 29.0 Å². The molecule has 2 N–H and O–H groups in total. The zero-order valence-electron chi connectivity index (χ0n) is 18.0. The van der Waals surface area contributed by atoms with Gasteiger partial charge in [0.15, 0.2) is 0 Å². The van der Waals surface area contributed by atoms with Gasteiger partial charge in [0.1, 0.15) is 10.8 Å². The molecule has 2 heterocycles. The average molecular weight is 452 g/mol. The summed E-state index contributed by atoms with van der Waals surface area (Å²) in [5, 5.41) is 15.2. The second-order valence-corrected chi connectivity index (χ2v) is 8.72. The number of nitrogens with one attached hydrogen (secondary N) is 2. The second-order valence-electron chi connectivity index (χ2n) is 7.71. The minimum absolute atomic E-state index is 0.0626. The van der Waals surface area contributed by atoms with Gasteiger partial charge in [-0.15, -0.1) is 10.2 Å². The number of benzene rings is 2. The van der Waals surface area contributed by atoms with Crippen LogP contribution in [0.2, 0.25) is 0 Å². The van der Waals surface area contributed by atoms with E-state index in [-0.39, 0.29) is 17.9 Å². The predicted octanol–water partition coefficient (Wildman–Crippen LogP) is 4.52. The number of hydrogen-bond donors (Lipinski definition) is 2. The van der Waals surface area contributed by atoms with E-state index in [9.17, 15) is 9.59 Å². The monoisotopic (exact) mass is 451 g/mol. The summed E-state index contributed by atoms with van der Waals surface area (Å²) in [7, 11) is 1.59. The van der Waals surface area contributed by atoms with Crippen LogP contribution in [0.25, 0.3) is 0 Å². The van der Waals surface area contributed by atoms with Crippen LogP contribution in [0.4, 0.5) is 16.2 Å². The molecule has 166 valence electrons. The van der Waals surface area contributed by atoms with Gasteiger partial charge >= 0.3 is 6.03 Å². The highest BCUT2D eigenvalue weighted by Gasteiger charge is 2.28. The van der Waals surface area contributed by atoms with Gasteiger partial charge in [-0.3, -0.25) is 4.79 Å². The van der Waals surface area contributed by atoms with Crippen molar-refractivity contribution in [1.82, 2.24) is 15.1 Å². The second kappa shape index (κ2) is 9.78. The highest BCUT2D eigenvalue weighted by Crippen LogP contribution is 2.30. The number of anilines is 2. The summed E-state index contributed by atoms with van der Waals surface area (Å²) in [6.07, 6.45) is 1.78. The quantitative estimate of drug-likeness (QED) is 0.595. The molecule has 32 heavy (non-hydrogen) atoms. The maximum absolute atomic E-state index is 12.7. The smallest absolute Gasteiger partial charge is 0.321 e. The third-order valence-electron chi connectivity index (χ3n) is 5.34. The maximum Gasteiger partial charge on any atom is 0.321 e. The van der Waals surface area contributed by atoms with E-state index in [1.165, 1.54) is 11.3 Å². The zero-order valence-corrected chi connectivity index (χ0v) is 18.8. The molecule has 2 aromatic carbocycles. The van der Waals surface area contributed by atoms with Crippen molar-refractivity contribution in [2.24, 2.45) is 0 Å². The summed E-state index contributed by atoms with van der Waals surface area (Å²) in [4.78, 5) is 27.1. The molecule has 4 rings (SSSR count). The van der Waals surface area contributed by atoms with Gasteiger partial charge in [0.25, 0.3) is 5.91 Å². The lowest BCUT2D eigenvalue weighted by Crippen LogP contribution is -2.41. The van der Waals surface area contributed by atoms with Crippen molar-refractivity contribution in [3.63, 3.8) is 0 Å². The molecular formula is C23H25N5O3S. The molecule has 8 nitrogen and oxygen atoms in total. The van der Waals surface area contributed by atoms with Crippen LogP contribution in [0.5, 0.6) is 5.75 Å². The largest absolute Gasteiger partial charge is 0.497 e. The van der Waals surface area contributed by atoms with Crippen LogP contribution in [-0.4, -0.2) is 47.2 Å². The van der Waals surface area contributed by atoms with E-state index in [1.807, 2.05) is 31.2 Å². The number of ether oxygens (including phenoxy) is 1. The van der Waals surface area contributed by atoms with Crippen LogP contribution in [0, 0.1) is 6.92 Å². The fourth-order valence-corrected chi connectivity index (χ4v) is 4.42. The van der Waals surface area contributed by atoms with Crippen LogP contribution in [-0.2, 0) is 0 Å². The van der Waals surface area contributed by atoms with Gasteiger partial charge in [-0.05, 0) is 56.2 Å². The van der Waals surface area contributed by atoms with Gasteiger partial charge in [0, 0.05) is 30.4 Å². The molecule has 1 saturated heterocycles. The standard InChI is InChI=1S/C23H25N5O3S/c1-15-5-7-18(8-6-15)25-23(30)28-13-3-4-16(14-28)21-26-27-22(32-21)20(29)24-17-9-11-19(31-2)12-10-17/h5-12,16H,3-4,13-14H2,1-2H3,(H,24,29)(H,25,30)/t16-/m1/s1. The zero-order chi connectivity index (χ0) is 22.5. The Morgan fingerprint density at radius 2 is 1.72 bits per heavy atom. The lowest BCUT2D eigenvalue weighted by Gasteiger charge is -2.31. The summed E-state index contributed by atoms with van der Waals surface area (Å²) in [5.74, 6) is 0.478. The van der Waals surface area contributed by atoms with Gasteiger partial charge in [0.05, 0.1) is 7.11 Å². The molecule has 0 bridgehead atoms. The number of methoxy groups -OCH3 is 1. The molecule has 0 aliphatic carbocycles. The summed E-state index contributed by atoms with van der Waals surface area (Å²) < 4.78 is 5.13. The minimum Gasteiger partial charge on any atom is -0.497 e. The number of hydrogen-bond acceptors (Lipinski definition) is 6. The highest BCUT2D eigenvalue weighted by molar-refractivity contribution is 7.13. The Bertz CT molecular complexity index is 1080. The van der Waals surface area contributed by atoms with Gasteiger partial charge in [-0.25, -0.2) is 4.79 Å². The Kier molecular flexibility index (Phi) is 6.65. The van der Waals surface area contributed by atoms with E-state index < -0.39 is 0 Å². The van der Waals surface area contributed by atoms with Crippen molar-refractivity contribution in [2.75, 3.05) is 30.8 Å². The van der Waals surface area contributed by atoms with E-state index >= 15 is 0 Å². The number of carbonyl (C=O) groups is 2. The summed E-state index contributed by atoms with van der Waals surface area (Å²) in [6, 6.07) is 14.7. The molecule has 3 amide bonds. The van der Waals surface area contributed by atoms with Crippen molar-refractivity contribution in [2.45, 2.75) is 25.7 Å². The molecule has 0 radical (unpaired) electrons. The Balaban J connectivity index is 1.36. The Morgan fingerprint density at radius 1 is 1.03 bits per heavy atom. The highest BCUT2D eigenvalue weighted by atomic mass is 32.1. The molecule has 1 atom stereocenters. The Hall–Kier alpha value is -3.46. The first kappa shape index (κ1) is 21.8. The van der Waals surface area contributed by atoms with Gasteiger partial charge < -0.3 is 20.3 Å². The molecule has 0 saturated carbocycles. The van der Waals surface area contributed by atoms with Crippen LogP contribution in [0.3, 0.4) is 0 Å². The molecule has 1 aliphatic rings. The summed E-state index contributed by atoms with van der Waals surface area (Å²) >= 11 is 1.28. The first-order valence-electron chi connectivity index (χ1n) is 10.4. The molecular weight excluding hydrogens is 426 g/mol. The number of carbonyl (C=O) groups excluding carboxylic acids is 2. The lowest BCUT2D eigenvalue weighted by atomic mass is 9.99. The fourth-order valence-electron chi connectivity index (χ4n) is 3.55. The molecule has 3 aromatic rings. The molecule has 0 spiro atoms. The number of nitrogens with zero attached hydrogens (tertiary/aromatic N) is 3. The molecule has 9 heteroatoms. The Labute approximate surface area is 190 Å². The van der Waals surface area contributed by atoms with E-state index in [2.05, 4.69) is 20.8 Å². The molecule has 1 aromatic heterocycles. The number of aryl methyl sites for hydroxylation is 1. The first-order chi connectivity index (χ1) is 15.5. The van der Waals surface area contributed by atoms with Gasteiger partial charge in [0.2, 0.25) is 5.01 Å². The van der Waals surface area contributed by atoms with Crippen molar-refractivity contribution < 1.29 is 14.3 Å². The van der Waals surface area contributed by atoms with E-state index in [4.69, 9.17) is 4.74 Å². The minimum atomic E-state index is -0.302. The van der Waals surface area contributed by atoms with Crippen LogP contribution >= 0.6 is 11.3 Å². The predicted molar refractivity (Wildman–Crippen MR) is 125 cm³/mol. The van der Waals surface area contributed by atoms with Crippen molar-refractivity contribution in [3.8, 4) is 5.75 Å². The summed E-state index contributed by atoms with van der Waals surface area (Å²) in [6.45, 7) is 3.25. The van der Waals surface area contributed by atoms with Crippen LogP contribution < -0.4 is 15.4 Å². The fraction of sp³-hybridized carbons (Fsp3) is 0.304. The SMILES string of the molecule is COc1ccc(NC(=O)c2nnc([C@@H]3CCCN(C(=O)Nc4ccc(C)cc4)C3)s2)cc1. The number of rotatable bonds is 5. The van der Waals surface area contributed by atoms with Crippen LogP contribution in [0.1, 0.15) is 39.1 Å². The molecule has 1 aliphatic heterocycles. The van der Waals surface area contributed by atoms with E-state index in [0.717, 1.165) is 34.8 Å². The maximum atomic E-state index is 12.7. The third-order valence-corrected chi connectivity index (χ3v) is 6.43. The number of piperidine rings is 1. The lowest BCUT2D eigenvalue weighted by molar-refractivity contribution is 0.102. The normalized spacial score (nSPS) is 15.8. The number of likely N-dealkylation sites (tertiary alicyclic amines) is 1. The molecule has 1 fully saturated rings. The number of aromatic nitrogens is 2.